The molecule has 1 amide bonds. The van der Waals surface area contributed by atoms with Crippen molar-refractivity contribution in [1.82, 2.24) is 9.80 Å². The summed E-state index contributed by atoms with van der Waals surface area (Å²) >= 11 is 0. The van der Waals surface area contributed by atoms with Gasteiger partial charge in [-0.3, -0.25) is 14.5 Å². The number of hydrogen-bond acceptors (Lipinski definition) is 7. The fraction of sp³-hybridized carbons (Fsp3) is 0.758. The first-order valence-corrected chi connectivity index (χ1v) is 16.3. The van der Waals surface area contributed by atoms with Gasteiger partial charge in [-0.1, -0.05) is 13.3 Å². The average molecular weight is 605 g/mol. The number of carbonyl (C=O) groups is 2. The lowest BCUT2D eigenvalue weighted by Crippen LogP contribution is -2.45. The van der Waals surface area contributed by atoms with E-state index >= 15 is 0 Å². The van der Waals surface area contributed by atoms with Crippen LogP contribution in [0.4, 0.5) is 0 Å². The molecule has 10 heteroatoms. The number of benzene rings is 1. The molecule has 3 aliphatic heterocycles. The molecular formula is C33H54N3O7+. The molecule has 4 rings (SSSR count). The summed E-state index contributed by atoms with van der Waals surface area (Å²) in [7, 11) is 8.15. The van der Waals surface area contributed by atoms with Gasteiger partial charge in [-0.2, -0.15) is 0 Å². The lowest BCUT2D eigenvalue weighted by atomic mass is 9.83. The van der Waals surface area contributed by atoms with Crippen LogP contribution in [0.3, 0.4) is 0 Å². The van der Waals surface area contributed by atoms with Gasteiger partial charge in [0.2, 0.25) is 18.4 Å². The Bertz CT molecular complexity index is 1070. The smallest absolute Gasteiger partial charge is 0.308 e. The van der Waals surface area contributed by atoms with Gasteiger partial charge in [-0.05, 0) is 69.1 Å². The second kappa shape index (κ2) is 15.4. The van der Waals surface area contributed by atoms with Gasteiger partial charge in [0, 0.05) is 38.2 Å². The van der Waals surface area contributed by atoms with Crippen LogP contribution in [0.15, 0.2) is 12.1 Å². The van der Waals surface area contributed by atoms with Crippen molar-refractivity contribution in [2.45, 2.75) is 82.8 Å². The monoisotopic (exact) mass is 604 g/mol. The number of nitrogens with zero attached hydrogens (tertiary/aromatic N) is 3. The number of carboxylic acid groups (broad SMARTS) is 1. The van der Waals surface area contributed by atoms with E-state index in [2.05, 4.69) is 33.0 Å². The van der Waals surface area contributed by atoms with Crippen molar-refractivity contribution in [3.05, 3.63) is 17.7 Å². The zero-order chi connectivity index (χ0) is 31.0. The average Bonchev–Trinajstić information content (AvgIpc) is 3.60. The minimum atomic E-state index is -0.839. The lowest BCUT2D eigenvalue weighted by molar-refractivity contribution is -0.870. The number of carbonyl (C=O) groups excluding carboxylic acids is 1. The zero-order valence-corrected chi connectivity index (χ0v) is 27.0. The lowest BCUT2D eigenvalue weighted by Gasteiger charge is -2.31. The molecule has 2 saturated heterocycles. The highest BCUT2D eigenvalue weighted by Crippen LogP contribution is 2.47. The van der Waals surface area contributed by atoms with Gasteiger partial charge in [0.15, 0.2) is 11.5 Å². The van der Waals surface area contributed by atoms with Gasteiger partial charge in [0.1, 0.15) is 0 Å². The van der Waals surface area contributed by atoms with Gasteiger partial charge < -0.3 is 33.4 Å². The Labute approximate surface area is 257 Å². The number of likely N-dealkylation sites (tertiary alicyclic amines) is 1. The number of aliphatic carboxylic acids is 1. The number of amides is 1. The molecule has 1 N–H and O–H groups in total. The summed E-state index contributed by atoms with van der Waals surface area (Å²) in [6.07, 6.45) is 8.83. The number of unbranched alkanes of at least 4 members (excludes halogenated alkanes) is 2. The first-order chi connectivity index (χ1) is 20.6. The van der Waals surface area contributed by atoms with E-state index in [4.69, 9.17) is 18.9 Å². The Balaban J connectivity index is 1.55. The maximum Gasteiger partial charge on any atom is 0.308 e. The van der Waals surface area contributed by atoms with Crippen molar-refractivity contribution in [3.8, 4) is 17.2 Å². The molecule has 0 aromatic heterocycles. The van der Waals surface area contributed by atoms with E-state index in [0.717, 1.165) is 87.7 Å². The second-order valence-electron chi connectivity index (χ2n) is 13.4. The van der Waals surface area contributed by atoms with E-state index in [1.165, 1.54) is 0 Å². The van der Waals surface area contributed by atoms with Gasteiger partial charge in [0.25, 0.3) is 0 Å². The van der Waals surface area contributed by atoms with Crippen LogP contribution in [0.1, 0.15) is 76.2 Å². The third-order valence-corrected chi connectivity index (χ3v) is 9.18. The van der Waals surface area contributed by atoms with Crippen molar-refractivity contribution in [1.29, 1.82) is 0 Å². The predicted molar refractivity (Wildman–Crippen MR) is 165 cm³/mol. The van der Waals surface area contributed by atoms with Crippen LogP contribution >= 0.6 is 0 Å². The molecule has 1 aromatic rings. The highest BCUT2D eigenvalue weighted by Gasteiger charge is 2.47. The molecule has 0 bridgehead atoms. The van der Waals surface area contributed by atoms with Crippen LogP contribution in [0.25, 0.3) is 0 Å². The van der Waals surface area contributed by atoms with E-state index in [1.54, 1.807) is 7.11 Å². The molecule has 0 aliphatic carbocycles. The molecule has 0 radical (unpaired) electrons. The third kappa shape index (κ3) is 8.99. The molecule has 2 unspecified atom stereocenters. The minimum absolute atomic E-state index is 0.0886. The largest absolute Gasteiger partial charge is 0.493 e. The molecule has 3 aliphatic rings. The van der Waals surface area contributed by atoms with Gasteiger partial charge in [-0.25, -0.2) is 0 Å². The predicted octanol–water partition coefficient (Wildman–Crippen LogP) is 4.36. The Morgan fingerprint density at radius 3 is 2.56 bits per heavy atom. The Morgan fingerprint density at radius 1 is 1.09 bits per heavy atom. The summed E-state index contributed by atoms with van der Waals surface area (Å²) < 4.78 is 23.8. The Morgan fingerprint density at radius 2 is 1.88 bits per heavy atom. The van der Waals surface area contributed by atoms with Gasteiger partial charge >= 0.3 is 5.97 Å². The summed E-state index contributed by atoms with van der Waals surface area (Å²) in [5.74, 6) is -0.0871. The van der Waals surface area contributed by atoms with E-state index in [-0.39, 0.29) is 37.3 Å². The Hall–Kier alpha value is -2.56. The summed E-state index contributed by atoms with van der Waals surface area (Å²) in [4.78, 5) is 31.0. The van der Waals surface area contributed by atoms with Crippen LogP contribution in [-0.4, -0.2) is 118 Å². The maximum absolute atomic E-state index is 13.9. The molecule has 10 nitrogen and oxygen atoms in total. The van der Waals surface area contributed by atoms with Crippen LogP contribution in [-0.2, 0) is 14.3 Å². The van der Waals surface area contributed by atoms with Crippen molar-refractivity contribution < 1.29 is 38.1 Å². The SMILES string of the molecule is CCCCN(CCCC[N+](C)(C)C)C(=O)CN1C[C@H](c2cc(OC)c3c(c2)OCO3)C(C(=O)O)[C@@H]1CCC1CCCCO1. The molecule has 0 spiro atoms. The van der Waals surface area contributed by atoms with Crippen LogP contribution in [0.5, 0.6) is 17.2 Å². The number of quaternary nitrogens is 1. The molecule has 242 valence electrons. The van der Waals surface area contributed by atoms with Crippen molar-refractivity contribution in [3.63, 3.8) is 0 Å². The number of fused-ring (bicyclic) bond motifs is 1. The topological polar surface area (TPSA) is 97.8 Å². The molecular weight excluding hydrogens is 550 g/mol. The number of methoxy groups -OCH3 is 1. The standard InChI is InChI=1S/C33H53N3O7/c1-6-7-15-34(16-9-10-17-36(2,3)4)30(37)22-35-21-26(24-19-28(40-5)32-29(20-24)42-23-43-32)31(33(38)39)27(35)14-13-25-12-8-11-18-41-25/h19-20,25-27,31H,6-18,21-23H2,1-5H3/p+1/t25?,26-,27+,31?/m1/s1. The fourth-order valence-corrected chi connectivity index (χ4v) is 6.82. The molecule has 43 heavy (non-hydrogen) atoms. The zero-order valence-electron chi connectivity index (χ0n) is 27.0. The summed E-state index contributed by atoms with van der Waals surface area (Å²) in [5.41, 5.74) is 0.838. The minimum Gasteiger partial charge on any atom is -0.493 e. The molecule has 1 aromatic carbocycles. The van der Waals surface area contributed by atoms with Crippen LogP contribution < -0.4 is 14.2 Å². The van der Waals surface area contributed by atoms with Crippen molar-refractivity contribution in [2.24, 2.45) is 5.92 Å². The number of ether oxygens (including phenoxy) is 4. The Kier molecular flexibility index (Phi) is 12.0. The summed E-state index contributed by atoms with van der Waals surface area (Å²) in [6.45, 7) is 6.24. The van der Waals surface area contributed by atoms with Crippen molar-refractivity contribution in [2.75, 3.05) is 74.4 Å². The van der Waals surface area contributed by atoms with Crippen LogP contribution in [0, 0.1) is 5.92 Å². The molecule has 2 fully saturated rings. The van der Waals surface area contributed by atoms with E-state index in [1.807, 2.05) is 17.0 Å². The quantitative estimate of drug-likeness (QED) is 0.220. The first kappa shape index (κ1) is 33.3. The van der Waals surface area contributed by atoms with Gasteiger partial charge in [0.05, 0.1) is 53.4 Å². The van der Waals surface area contributed by atoms with Crippen LogP contribution in [0.2, 0.25) is 0 Å². The number of hydrogen-bond donors (Lipinski definition) is 1. The first-order valence-electron chi connectivity index (χ1n) is 16.3. The molecule has 4 atom stereocenters. The molecule has 3 heterocycles. The van der Waals surface area contributed by atoms with Crippen molar-refractivity contribution >= 4 is 11.9 Å². The third-order valence-electron chi connectivity index (χ3n) is 9.18. The normalized spacial score (nSPS) is 23.8. The summed E-state index contributed by atoms with van der Waals surface area (Å²) in [5, 5.41) is 10.6. The number of carboxylic acids is 1. The maximum atomic E-state index is 13.9. The number of rotatable bonds is 16. The van der Waals surface area contributed by atoms with E-state index in [9.17, 15) is 14.7 Å². The van der Waals surface area contributed by atoms with E-state index < -0.39 is 11.9 Å². The fourth-order valence-electron chi connectivity index (χ4n) is 6.82. The summed E-state index contributed by atoms with van der Waals surface area (Å²) in [6, 6.07) is 3.49. The highest BCUT2D eigenvalue weighted by atomic mass is 16.7. The van der Waals surface area contributed by atoms with E-state index in [0.29, 0.717) is 30.2 Å². The second-order valence-corrected chi connectivity index (χ2v) is 13.4. The molecule has 0 saturated carbocycles. The van der Waals surface area contributed by atoms with Gasteiger partial charge in [-0.15, -0.1) is 0 Å². The highest BCUT2D eigenvalue weighted by molar-refractivity contribution is 5.79.